The maximum absolute atomic E-state index is 9.99. The van der Waals surface area contributed by atoms with Gasteiger partial charge in [0.05, 0.1) is 46.1 Å². The summed E-state index contributed by atoms with van der Waals surface area (Å²) in [5.41, 5.74) is 5.28. The molecule has 3 aromatic carbocycles. The highest BCUT2D eigenvalue weighted by atomic mass is 35.5. The first-order valence-corrected chi connectivity index (χ1v) is 14.1. The lowest BCUT2D eigenvalue weighted by Gasteiger charge is -2.23. The minimum absolute atomic E-state index is 0.00243. The van der Waals surface area contributed by atoms with Crippen LogP contribution in [0.1, 0.15) is 66.7 Å². The first kappa shape index (κ1) is 26.1. The summed E-state index contributed by atoms with van der Waals surface area (Å²) >= 11 is 13.5. The molecule has 40 heavy (non-hydrogen) atoms. The van der Waals surface area contributed by atoms with Crippen LogP contribution in [0.25, 0.3) is 10.9 Å². The number of fused-ring (bicyclic) bond motifs is 1. The number of nitrogens with zero attached hydrogens (tertiary/aromatic N) is 5. The second-order valence-electron chi connectivity index (χ2n) is 9.98. The van der Waals surface area contributed by atoms with Gasteiger partial charge in [-0.2, -0.15) is 5.26 Å². The van der Waals surface area contributed by atoms with E-state index in [0.29, 0.717) is 32.9 Å². The summed E-state index contributed by atoms with van der Waals surface area (Å²) in [4.78, 5) is 4.53. The van der Waals surface area contributed by atoms with Crippen molar-refractivity contribution >= 4 is 45.5 Å². The smallest absolute Gasteiger partial charge is 0.110 e. The minimum atomic E-state index is -0.369. The van der Waals surface area contributed by atoms with Crippen LogP contribution in [0, 0.1) is 11.3 Å². The van der Waals surface area contributed by atoms with Crippen molar-refractivity contribution in [2.75, 3.05) is 10.6 Å². The monoisotopic (exact) mass is 567 g/mol. The van der Waals surface area contributed by atoms with E-state index in [0.717, 1.165) is 47.2 Å². The summed E-state index contributed by atoms with van der Waals surface area (Å²) in [6.45, 7) is 2.11. The Morgan fingerprint density at radius 2 is 1.80 bits per heavy atom. The van der Waals surface area contributed by atoms with Crippen LogP contribution < -0.4 is 10.6 Å². The Labute approximate surface area is 242 Å². The Balaban J connectivity index is 1.44. The highest BCUT2D eigenvalue weighted by Crippen LogP contribution is 2.39. The molecule has 0 amide bonds. The molecule has 1 aliphatic rings. The summed E-state index contributed by atoms with van der Waals surface area (Å²) in [7, 11) is 0. The van der Waals surface area contributed by atoms with Crippen molar-refractivity contribution in [3.05, 3.63) is 112 Å². The molecule has 1 saturated carbocycles. The number of aromatic nitrogens is 4. The van der Waals surface area contributed by atoms with Crippen LogP contribution in [-0.2, 0) is 0 Å². The molecule has 5 aromatic rings. The molecule has 1 aliphatic carbocycles. The van der Waals surface area contributed by atoms with Crippen molar-refractivity contribution in [1.82, 2.24) is 20.0 Å². The predicted molar refractivity (Wildman–Crippen MR) is 160 cm³/mol. The number of nitriles is 1. The molecule has 2 N–H and O–H groups in total. The summed E-state index contributed by atoms with van der Waals surface area (Å²) in [5, 5.41) is 27.9. The fraction of sp³-hybridized carbons (Fsp3) is 0.226. The van der Waals surface area contributed by atoms with E-state index in [2.05, 4.69) is 51.1 Å². The third-order valence-corrected chi connectivity index (χ3v) is 7.88. The van der Waals surface area contributed by atoms with E-state index in [4.69, 9.17) is 23.2 Å². The number of halogens is 2. The lowest BCUT2D eigenvalue weighted by molar-refractivity contribution is 0.610. The Morgan fingerprint density at radius 3 is 2.52 bits per heavy atom. The van der Waals surface area contributed by atoms with E-state index < -0.39 is 0 Å². The number of hydrogen-bond donors (Lipinski definition) is 2. The standard InChI is InChI=1S/C31H27Cl2N7/c1-2-27(19-8-4-3-5-9-19)37-29-20(16-34)17-35-30-24(29)14-21(15-26(30)33)36-31(23-10-6-7-11-25(23)32)28-18-40(39-38-28)22-12-13-22/h3-11,14-15,17-18,22,27,31,36H,2,12-13H2,1H3,(H,35,37)/t27-,31?/m1/s1. The molecule has 0 radical (unpaired) electrons. The predicted octanol–water partition coefficient (Wildman–Crippen LogP) is 8.10. The second-order valence-corrected chi connectivity index (χ2v) is 10.8. The Bertz CT molecular complexity index is 1710. The van der Waals surface area contributed by atoms with Gasteiger partial charge in [-0.05, 0) is 48.6 Å². The minimum Gasteiger partial charge on any atom is -0.377 e. The van der Waals surface area contributed by atoms with Crippen molar-refractivity contribution in [1.29, 1.82) is 5.26 Å². The Hall–Kier alpha value is -4.12. The lowest BCUT2D eigenvalue weighted by atomic mass is 10.0. The van der Waals surface area contributed by atoms with Gasteiger partial charge in [-0.25, -0.2) is 4.68 Å². The van der Waals surface area contributed by atoms with E-state index >= 15 is 0 Å². The molecule has 1 fully saturated rings. The summed E-state index contributed by atoms with van der Waals surface area (Å²) in [6.07, 6.45) is 6.60. The molecule has 6 rings (SSSR count). The normalized spacial score (nSPS) is 14.4. The molecule has 1 unspecified atom stereocenters. The Morgan fingerprint density at radius 1 is 1.02 bits per heavy atom. The van der Waals surface area contributed by atoms with Crippen molar-refractivity contribution in [3.63, 3.8) is 0 Å². The van der Waals surface area contributed by atoms with Crippen molar-refractivity contribution in [2.24, 2.45) is 0 Å². The first-order valence-electron chi connectivity index (χ1n) is 13.3. The molecular formula is C31H27Cl2N7. The topological polar surface area (TPSA) is 91.5 Å². The number of nitrogens with one attached hydrogen (secondary N) is 2. The maximum Gasteiger partial charge on any atom is 0.110 e. The molecule has 0 aliphatic heterocycles. The fourth-order valence-corrected chi connectivity index (χ4v) is 5.50. The maximum atomic E-state index is 9.99. The first-order chi connectivity index (χ1) is 19.6. The van der Waals surface area contributed by atoms with Crippen molar-refractivity contribution < 1.29 is 0 Å². The largest absolute Gasteiger partial charge is 0.377 e. The zero-order chi connectivity index (χ0) is 27.6. The van der Waals surface area contributed by atoms with Gasteiger partial charge in [-0.15, -0.1) is 5.10 Å². The van der Waals surface area contributed by atoms with Gasteiger partial charge in [0.1, 0.15) is 11.8 Å². The van der Waals surface area contributed by atoms with Gasteiger partial charge < -0.3 is 10.6 Å². The van der Waals surface area contributed by atoms with Gasteiger partial charge in [0, 0.05) is 22.3 Å². The average Bonchev–Trinajstić information content (AvgIpc) is 3.72. The van der Waals surface area contributed by atoms with Crippen LogP contribution in [0.2, 0.25) is 10.0 Å². The molecule has 2 aromatic heterocycles. The van der Waals surface area contributed by atoms with Crippen molar-refractivity contribution in [2.45, 2.75) is 44.3 Å². The Kier molecular flexibility index (Phi) is 7.29. The van der Waals surface area contributed by atoms with E-state index in [1.165, 1.54) is 0 Å². The molecule has 9 heteroatoms. The third kappa shape index (κ3) is 5.21. The van der Waals surface area contributed by atoms with Gasteiger partial charge in [0.15, 0.2) is 0 Å². The molecule has 7 nitrogen and oxygen atoms in total. The molecule has 0 bridgehead atoms. The number of anilines is 2. The highest BCUT2D eigenvalue weighted by Gasteiger charge is 2.28. The number of benzene rings is 3. The molecule has 0 spiro atoms. The van der Waals surface area contributed by atoms with Crippen molar-refractivity contribution in [3.8, 4) is 6.07 Å². The van der Waals surface area contributed by atoms with Gasteiger partial charge in [0.2, 0.25) is 0 Å². The van der Waals surface area contributed by atoms with E-state index in [-0.39, 0.29) is 12.1 Å². The number of pyridine rings is 1. The van der Waals surface area contributed by atoms with Crippen LogP contribution in [0.4, 0.5) is 11.4 Å². The van der Waals surface area contributed by atoms with Gasteiger partial charge in [-0.3, -0.25) is 4.98 Å². The molecule has 2 heterocycles. The van der Waals surface area contributed by atoms with E-state index in [1.807, 2.05) is 65.5 Å². The average molecular weight is 569 g/mol. The van der Waals surface area contributed by atoms with E-state index in [9.17, 15) is 5.26 Å². The van der Waals surface area contributed by atoms with Crippen LogP contribution in [0.15, 0.2) is 79.1 Å². The zero-order valence-corrected chi connectivity index (χ0v) is 23.4. The molecule has 2 atom stereocenters. The quantitative estimate of drug-likeness (QED) is 0.187. The fourth-order valence-electron chi connectivity index (χ4n) is 4.99. The zero-order valence-electron chi connectivity index (χ0n) is 21.9. The van der Waals surface area contributed by atoms with Gasteiger partial charge >= 0.3 is 0 Å². The van der Waals surface area contributed by atoms with Crippen LogP contribution in [0.5, 0.6) is 0 Å². The second kappa shape index (κ2) is 11.2. The molecule has 0 saturated heterocycles. The molecular weight excluding hydrogens is 541 g/mol. The van der Waals surface area contributed by atoms with Crippen LogP contribution in [-0.4, -0.2) is 20.0 Å². The number of hydrogen-bond acceptors (Lipinski definition) is 6. The SMILES string of the molecule is CC[C@@H](Nc1c(C#N)cnc2c(Cl)cc(NC(c3cn(C4CC4)nn3)c3ccccc3Cl)cc12)c1ccccc1. The third-order valence-electron chi connectivity index (χ3n) is 7.25. The van der Waals surface area contributed by atoms with Crippen LogP contribution in [0.3, 0.4) is 0 Å². The van der Waals surface area contributed by atoms with Gasteiger partial charge in [0.25, 0.3) is 0 Å². The highest BCUT2D eigenvalue weighted by molar-refractivity contribution is 6.36. The summed E-state index contributed by atoms with van der Waals surface area (Å²) < 4.78 is 1.92. The van der Waals surface area contributed by atoms with Crippen LogP contribution >= 0.6 is 23.2 Å². The lowest BCUT2D eigenvalue weighted by Crippen LogP contribution is -2.14. The summed E-state index contributed by atoms with van der Waals surface area (Å²) in [6, 6.07) is 24.1. The van der Waals surface area contributed by atoms with E-state index in [1.54, 1.807) is 6.20 Å². The molecule has 200 valence electrons. The van der Waals surface area contributed by atoms with Gasteiger partial charge in [-0.1, -0.05) is 83.9 Å². The summed E-state index contributed by atoms with van der Waals surface area (Å²) in [5.74, 6) is 0. The number of rotatable bonds is 9.